The summed E-state index contributed by atoms with van der Waals surface area (Å²) in [6.07, 6.45) is 3.65. The molecular weight excluding hydrogens is 463 g/mol. The van der Waals surface area contributed by atoms with Gasteiger partial charge in [0, 0.05) is 33.9 Å². The van der Waals surface area contributed by atoms with Gasteiger partial charge in [-0.1, -0.05) is 90.1 Å². The van der Waals surface area contributed by atoms with Gasteiger partial charge in [0.15, 0.2) is 15.9 Å². The molecule has 0 fully saturated rings. The minimum absolute atomic E-state index is 0.788. The van der Waals surface area contributed by atoms with Crippen molar-refractivity contribution in [3.63, 3.8) is 0 Å². The molecule has 165 valence electrons. The van der Waals surface area contributed by atoms with Gasteiger partial charge in [0.25, 0.3) is 0 Å². The molecule has 7 rings (SSSR count). The topological polar surface area (TPSA) is 42.9 Å². The van der Waals surface area contributed by atoms with Crippen molar-refractivity contribution in [2.75, 3.05) is 0 Å². The normalized spacial score (nSPS) is 18.3. The lowest BCUT2D eigenvalue weighted by molar-refractivity contribution is 0.592. The summed E-state index contributed by atoms with van der Waals surface area (Å²) in [5.41, 5.74) is 3.93. The SMILES string of the molecule is O=P1(c2ccccc2)c2cccnc2C2=C(c3ncccc31)[Si](c1ccccc1)c1ccccc12. The van der Waals surface area contributed by atoms with E-state index in [1.165, 1.54) is 21.1 Å². The van der Waals surface area contributed by atoms with Gasteiger partial charge in [0.2, 0.25) is 0 Å². The molecule has 2 aliphatic rings. The highest BCUT2D eigenvalue weighted by atomic mass is 31.2. The maximum atomic E-state index is 15.4. The molecule has 5 heteroatoms. The van der Waals surface area contributed by atoms with Crippen LogP contribution in [0.5, 0.6) is 0 Å². The zero-order valence-corrected chi connectivity index (χ0v) is 20.7. The van der Waals surface area contributed by atoms with Gasteiger partial charge < -0.3 is 4.57 Å². The monoisotopic (exact) mass is 483 g/mol. The number of rotatable bonds is 2. The van der Waals surface area contributed by atoms with Crippen molar-refractivity contribution in [3.8, 4) is 0 Å². The summed E-state index contributed by atoms with van der Waals surface area (Å²) in [4.78, 5) is 9.86. The van der Waals surface area contributed by atoms with Crippen molar-refractivity contribution in [1.82, 2.24) is 9.97 Å². The van der Waals surface area contributed by atoms with Gasteiger partial charge in [-0.3, -0.25) is 9.97 Å². The van der Waals surface area contributed by atoms with Gasteiger partial charge in [-0.2, -0.15) is 0 Å². The zero-order valence-electron chi connectivity index (χ0n) is 18.8. The van der Waals surface area contributed by atoms with Crippen molar-refractivity contribution in [2.45, 2.75) is 0 Å². The summed E-state index contributed by atoms with van der Waals surface area (Å²) >= 11 is 0. The van der Waals surface area contributed by atoms with Crippen molar-refractivity contribution < 1.29 is 4.57 Å². The fourth-order valence-electron chi connectivity index (χ4n) is 5.43. The Balaban J connectivity index is 1.66. The first kappa shape index (κ1) is 20.5. The number of pyridine rings is 2. The number of benzene rings is 3. The van der Waals surface area contributed by atoms with Crippen molar-refractivity contribution in [3.05, 3.63) is 139 Å². The third kappa shape index (κ3) is 2.87. The molecule has 0 spiro atoms. The highest BCUT2D eigenvalue weighted by molar-refractivity contribution is 7.85. The summed E-state index contributed by atoms with van der Waals surface area (Å²) in [5, 5.41) is 6.21. The Hall–Kier alpha value is -3.85. The fraction of sp³-hybridized carbons (Fsp3) is 0. The Morgan fingerprint density at radius 3 is 1.94 bits per heavy atom. The standard InChI is InChI=1S/C30H20N2OPSi/c33-34(21-11-3-1-4-12-21)24-16-9-19-31-28(24)27-23-15-7-8-18-26(23)35(22-13-5-2-6-14-22)30(27)29-25(34)17-10-20-32-29/h1-20H. The Bertz CT molecular complexity index is 1680. The quantitative estimate of drug-likeness (QED) is 0.285. The molecule has 0 N–H and O–H groups in total. The fourth-order valence-corrected chi connectivity index (χ4v) is 11.5. The predicted molar refractivity (Wildman–Crippen MR) is 145 cm³/mol. The number of aromatic nitrogens is 2. The van der Waals surface area contributed by atoms with Gasteiger partial charge in [0.05, 0.1) is 11.4 Å². The first-order valence-corrected chi connectivity index (χ1v) is 14.8. The minimum atomic E-state index is -3.22. The molecule has 35 heavy (non-hydrogen) atoms. The highest BCUT2D eigenvalue weighted by Crippen LogP contribution is 2.50. The Morgan fingerprint density at radius 1 is 0.600 bits per heavy atom. The largest absolute Gasteiger partial charge is 0.308 e. The molecule has 3 aromatic carbocycles. The van der Waals surface area contributed by atoms with Crippen LogP contribution in [0.4, 0.5) is 0 Å². The van der Waals surface area contributed by atoms with E-state index in [0.717, 1.165) is 32.9 Å². The van der Waals surface area contributed by atoms with E-state index < -0.39 is 15.9 Å². The van der Waals surface area contributed by atoms with Gasteiger partial charge in [0.1, 0.15) is 0 Å². The molecule has 0 saturated carbocycles. The maximum Gasteiger partial charge on any atom is 0.175 e. The average molecular weight is 484 g/mol. The van der Waals surface area contributed by atoms with Crippen LogP contribution in [0.3, 0.4) is 0 Å². The third-order valence-corrected chi connectivity index (χ3v) is 12.8. The van der Waals surface area contributed by atoms with Crippen LogP contribution in [0.1, 0.15) is 17.0 Å². The minimum Gasteiger partial charge on any atom is -0.308 e. The molecule has 0 amide bonds. The maximum absolute atomic E-state index is 15.4. The highest BCUT2D eigenvalue weighted by Gasteiger charge is 2.45. The molecular formula is C30H20N2OPSi. The van der Waals surface area contributed by atoms with E-state index in [1.807, 2.05) is 67.0 Å². The van der Waals surface area contributed by atoms with Crippen LogP contribution in [-0.4, -0.2) is 18.8 Å². The summed E-state index contributed by atoms with van der Waals surface area (Å²) < 4.78 is 15.4. The van der Waals surface area contributed by atoms with Gasteiger partial charge >= 0.3 is 0 Å². The average Bonchev–Trinajstić information content (AvgIpc) is 3.24. The van der Waals surface area contributed by atoms with Crippen LogP contribution in [0.2, 0.25) is 0 Å². The second kappa shape index (κ2) is 7.84. The lowest BCUT2D eigenvalue weighted by Crippen LogP contribution is -2.43. The predicted octanol–water partition coefficient (Wildman–Crippen LogP) is 3.55. The van der Waals surface area contributed by atoms with Crippen molar-refractivity contribution in [1.29, 1.82) is 0 Å². The summed E-state index contributed by atoms with van der Waals surface area (Å²) in [7, 11) is -4.62. The molecule has 1 radical (unpaired) electrons. The molecule has 5 aromatic rings. The zero-order chi connectivity index (χ0) is 23.4. The molecule has 0 aliphatic carbocycles. The smallest absolute Gasteiger partial charge is 0.175 e. The van der Waals surface area contributed by atoms with E-state index in [-0.39, 0.29) is 0 Å². The summed E-state index contributed by atoms with van der Waals surface area (Å²) in [6.45, 7) is 0. The van der Waals surface area contributed by atoms with E-state index in [2.05, 4.69) is 54.6 Å². The molecule has 0 bridgehead atoms. The van der Waals surface area contributed by atoms with Crippen LogP contribution in [0.25, 0.3) is 10.8 Å². The van der Waals surface area contributed by atoms with Gasteiger partial charge in [-0.25, -0.2) is 0 Å². The Kier molecular flexibility index (Phi) is 4.60. The third-order valence-electron chi connectivity index (χ3n) is 6.87. The number of nitrogens with zero attached hydrogens (tertiary/aromatic N) is 2. The Morgan fingerprint density at radius 2 is 1.20 bits per heavy atom. The first-order chi connectivity index (χ1) is 17.3. The van der Waals surface area contributed by atoms with Crippen molar-refractivity contribution in [2.24, 2.45) is 0 Å². The molecule has 1 unspecified atom stereocenters. The van der Waals surface area contributed by atoms with E-state index in [0.29, 0.717) is 0 Å². The van der Waals surface area contributed by atoms with E-state index in [9.17, 15) is 0 Å². The Labute approximate surface area is 205 Å². The first-order valence-electron chi connectivity index (χ1n) is 11.6. The second-order valence-electron chi connectivity index (χ2n) is 8.72. The van der Waals surface area contributed by atoms with E-state index in [4.69, 9.17) is 9.97 Å². The van der Waals surface area contributed by atoms with Gasteiger partial charge in [-0.05, 0) is 40.2 Å². The second-order valence-corrected chi connectivity index (χ2v) is 13.8. The molecule has 1 atom stereocenters. The van der Waals surface area contributed by atoms with Gasteiger partial charge in [-0.15, -0.1) is 0 Å². The lowest BCUT2D eigenvalue weighted by Gasteiger charge is -2.23. The van der Waals surface area contributed by atoms with Crippen molar-refractivity contribution >= 4 is 53.0 Å². The number of fused-ring (bicyclic) bond motifs is 6. The molecule has 0 saturated heterocycles. The van der Waals surface area contributed by atoms with Crippen LogP contribution < -0.4 is 26.3 Å². The molecule has 2 aliphatic heterocycles. The number of hydrogen-bond donors (Lipinski definition) is 0. The summed E-state index contributed by atoms with van der Waals surface area (Å²) in [5.74, 6) is 0. The van der Waals surface area contributed by atoms with E-state index >= 15 is 4.57 Å². The lowest BCUT2D eigenvalue weighted by atomic mass is 10.0. The molecule has 4 heterocycles. The van der Waals surface area contributed by atoms with Crippen LogP contribution in [0, 0.1) is 0 Å². The summed E-state index contributed by atoms with van der Waals surface area (Å²) in [6, 6.07) is 37.0. The van der Waals surface area contributed by atoms with Crippen LogP contribution in [0.15, 0.2) is 122 Å². The van der Waals surface area contributed by atoms with E-state index in [1.54, 1.807) is 0 Å². The number of hydrogen-bond acceptors (Lipinski definition) is 3. The molecule has 2 aromatic heterocycles. The molecule has 3 nitrogen and oxygen atoms in total. The van der Waals surface area contributed by atoms with Crippen LogP contribution >= 0.6 is 7.14 Å². The van der Waals surface area contributed by atoms with Crippen LogP contribution in [-0.2, 0) is 4.57 Å².